The first kappa shape index (κ1) is 18.2. The van der Waals surface area contributed by atoms with Gasteiger partial charge in [-0.15, -0.1) is 24.5 Å². The molecule has 6 nitrogen and oxygen atoms in total. The summed E-state index contributed by atoms with van der Waals surface area (Å²) in [6.45, 7) is 0.629. The average molecular weight is 385 g/mol. The molecule has 1 saturated heterocycles. The average Bonchev–Trinajstić information content (AvgIpc) is 3.16. The summed E-state index contributed by atoms with van der Waals surface area (Å²) in [5.74, 6) is -0.703. The summed E-state index contributed by atoms with van der Waals surface area (Å²) >= 11 is 1.30. The highest BCUT2D eigenvalue weighted by atomic mass is 32.1. The zero-order valence-corrected chi connectivity index (χ0v) is 14.2. The van der Waals surface area contributed by atoms with Crippen molar-refractivity contribution in [3.63, 3.8) is 0 Å². The molecule has 2 heterocycles. The van der Waals surface area contributed by atoms with Crippen molar-refractivity contribution < 1.29 is 27.5 Å². The Morgan fingerprint density at radius 1 is 1.31 bits per heavy atom. The first-order valence-corrected chi connectivity index (χ1v) is 8.58. The Hall–Kier alpha value is -2.62. The Morgan fingerprint density at radius 2 is 2.04 bits per heavy atom. The predicted molar refractivity (Wildman–Crippen MR) is 89.2 cm³/mol. The molecule has 0 atom stereocenters. The number of carbonyl (C=O) groups is 2. The van der Waals surface area contributed by atoms with Crippen LogP contribution < -0.4 is 15.0 Å². The van der Waals surface area contributed by atoms with Crippen molar-refractivity contribution in [3.05, 3.63) is 35.3 Å². The van der Waals surface area contributed by atoms with Gasteiger partial charge in [0.25, 0.3) is 0 Å². The quantitative estimate of drug-likeness (QED) is 0.857. The number of halogens is 3. The molecule has 0 spiro atoms. The molecule has 10 heteroatoms. The van der Waals surface area contributed by atoms with Crippen LogP contribution in [0.5, 0.6) is 5.75 Å². The highest BCUT2D eigenvalue weighted by Gasteiger charge is 2.31. The summed E-state index contributed by atoms with van der Waals surface area (Å²) in [5.41, 5.74) is 0.869. The smallest absolute Gasteiger partial charge is 0.406 e. The van der Waals surface area contributed by atoms with E-state index in [9.17, 15) is 22.8 Å². The second-order valence-corrected chi connectivity index (χ2v) is 6.40. The molecule has 1 aliphatic heterocycles. The maximum absolute atomic E-state index is 12.1. The lowest BCUT2D eigenvalue weighted by Crippen LogP contribution is -2.23. The molecule has 26 heavy (non-hydrogen) atoms. The van der Waals surface area contributed by atoms with Crippen molar-refractivity contribution in [2.75, 3.05) is 16.8 Å². The molecule has 0 saturated carbocycles. The lowest BCUT2D eigenvalue weighted by Gasteiger charge is -2.10. The van der Waals surface area contributed by atoms with E-state index in [1.165, 1.54) is 23.5 Å². The second-order valence-electron chi connectivity index (χ2n) is 5.57. The van der Waals surface area contributed by atoms with Crippen LogP contribution in [-0.4, -0.2) is 29.7 Å². The molecule has 1 aliphatic rings. The monoisotopic (exact) mass is 385 g/mol. The van der Waals surface area contributed by atoms with E-state index in [2.05, 4.69) is 15.0 Å². The van der Waals surface area contributed by atoms with Gasteiger partial charge in [-0.05, 0) is 30.7 Å². The maximum Gasteiger partial charge on any atom is 0.573 e. The number of rotatable bonds is 5. The third-order valence-electron chi connectivity index (χ3n) is 3.56. The molecule has 138 valence electrons. The first-order chi connectivity index (χ1) is 12.3. The third kappa shape index (κ3) is 4.72. The van der Waals surface area contributed by atoms with Crippen molar-refractivity contribution in [2.24, 2.45) is 0 Å². The van der Waals surface area contributed by atoms with Crippen LogP contribution >= 0.6 is 11.3 Å². The lowest BCUT2D eigenvalue weighted by molar-refractivity contribution is -0.274. The summed E-state index contributed by atoms with van der Waals surface area (Å²) < 4.78 is 40.1. The van der Waals surface area contributed by atoms with Gasteiger partial charge in [0.2, 0.25) is 11.8 Å². The van der Waals surface area contributed by atoms with Crippen LogP contribution in [0.4, 0.5) is 24.0 Å². The normalized spacial score (nSPS) is 14.6. The Morgan fingerprint density at radius 3 is 2.65 bits per heavy atom. The standard InChI is InChI=1S/C16H14F3N3O3S/c17-16(18,19)25-12-5-3-10(4-6-12)20-13(23)8-11-9-26-15(21-11)22-7-1-2-14(22)24/h3-6,9H,1-2,7-8H2,(H,20,23). The van der Waals surface area contributed by atoms with Gasteiger partial charge in [0.15, 0.2) is 5.13 Å². The van der Waals surface area contributed by atoms with Gasteiger partial charge in [-0.1, -0.05) is 0 Å². The molecular formula is C16H14F3N3O3S. The topological polar surface area (TPSA) is 71.5 Å². The van der Waals surface area contributed by atoms with Crippen LogP contribution in [0, 0.1) is 0 Å². The molecular weight excluding hydrogens is 371 g/mol. The van der Waals surface area contributed by atoms with Gasteiger partial charge >= 0.3 is 6.36 Å². The highest BCUT2D eigenvalue weighted by molar-refractivity contribution is 7.14. The molecule has 1 fully saturated rings. The van der Waals surface area contributed by atoms with E-state index >= 15 is 0 Å². The number of aromatic nitrogens is 1. The molecule has 1 aromatic heterocycles. The zero-order valence-electron chi connectivity index (χ0n) is 13.4. The first-order valence-electron chi connectivity index (χ1n) is 7.70. The van der Waals surface area contributed by atoms with E-state index in [4.69, 9.17) is 0 Å². The number of nitrogens with zero attached hydrogens (tertiary/aromatic N) is 2. The molecule has 2 amide bonds. The largest absolute Gasteiger partial charge is 0.573 e. The number of carbonyl (C=O) groups excluding carboxylic acids is 2. The van der Waals surface area contributed by atoms with Crippen molar-refractivity contribution in [3.8, 4) is 5.75 Å². The van der Waals surface area contributed by atoms with E-state index in [0.717, 1.165) is 18.6 Å². The fraction of sp³-hybridized carbons (Fsp3) is 0.312. The third-order valence-corrected chi connectivity index (χ3v) is 4.47. The fourth-order valence-corrected chi connectivity index (χ4v) is 3.33. The maximum atomic E-state index is 12.1. The summed E-state index contributed by atoms with van der Waals surface area (Å²) in [7, 11) is 0. The molecule has 2 aromatic rings. The number of hydrogen-bond donors (Lipinski definition) is 1. The molecule has 0 bridgehead atoms. The predicted octanol–water partition coefficient (Wildman–Crippen LogP) is 3.35. The Kier molecular flexibility index (Phi) is 5.12. The summed E-state index contributed by atoms with van der Waals surface area (Å²) in [6.07, 6.45) is -3.46. The fourth-order valence-electron chi connectivity index (χ4n) is 2.46. The Bertz CT molecular complexity index is 805. The SMILES string of the molecule is O=C(Cc1csc(N2CCCC2=O)n1)Nc1ccc(OC(F)(F)F)cc1. The number of alkyl halides is 3. The zero-order chi connectivity index (χ0) is 18.7. The van der Waals surface area contributed by atoms with Crippen molar-refractivity contribution in [1.29, 1.82) is 0 Å². The summed E-state index contributed by atoms with van der Waals surface area (Å²) in [5, 5.41) is 4.86. The Balaban J connectivity index is 1.56. The van der Waals surface area contributed by atoms with Crippen molar-refractivity contribution in [1.82, 2.24) is 4.98 Å². The minimum atomic E-state index is -4.76. The van der Waals surface area contributed by atoms with Gasteiger partial charge < -0.3 is 10.1 Å². The molecule has 1 N–H and O–H groups in total. The van der Waals surface area contributed by atoms with E-state index in [1.54, 1.807) is 10.3 Å². The highest BCUT2D eigenvalue weighted by Crippen LogP contribution is 2.26. The number of amides is 2. The number of thiazole rings is 1. The van der Waals surface area contributed by atoms with Crippen molar-refractivity contribution >= 4 is 34.0 Å². The van der Waals surface area contributed by atoms with E-state index < -0.39 is 6.36 Å². The summed E-state index contributed by atoms with van der Waals surface area (Å²) in [4.78, 5) is 29.6. The van der Waals surface area contributed by atoms with Crippen LogP contribution in [0.25, 0.3) is 0 Å². The van der Waals surface area contributed by atoms with Crippen LogP contribution in [0.15, 0.2) is 29.6 Å². The Labute approximate surface area is 150 Å². The summed E-state index contributed by atoms with van der Waals surface area (Å²) in [6, 6.07) is 4.86. The number of hydrogen-bond acceptors (Lipinski definition) is 5. The van der Waals surface area contributed by atoms with E-state index in [-0.39, 0.29) is 24.0 Å². The minimum Gasteiger partial charge on any atom is -0.406 e. The van der Waals surface area contributed by atoms with Gasteiger partial charge in [0, 0.05) is 24.0 Å². The van der Waals surface area contributed by atoms with Crippen LogP contribution in [0.2, 0.25) is 0 Å². The van der Waals surface area contributed by atoms with Gasteiger partial charge in [0.1, 0.15) is 5.75 Å². The van der Waals surface area contributed by atoms with E-state index in [0.29, 0.717) is 29.5 Å². The molecule has 3 rings (SSSR count). The van der Waals surface area contributed by atoms with Gasteiger partial charge in [-0.3, -0.25) is 14.5 Å². The van der Waals surface area contributed by atoms with Gasteiger partial charge in [0.05, 0.1) is 12.1 Å². The number of anilines is 2. The number of ether oxygens (including phenoxy) is 1. The van der Waals surface area contributed by atoms with Gasteiger partial charge in [-0.2, -0.15) is 0 Å². The number of nitrogens with one attached hydrogen (secondary N) is 1. The van der Waals surface area contributed by atoms with Crippen LogP contribution in [0.1, 0.15) is 18.5 Å². The second kappa shape index (κ2) is 7.32. The molecule has 0 radical (unpaired) electrons. The van der Waals surface area contributed by atoms with Crippen LogP contribution in [0.3, 0.4) is 0 Å². The molecule has 1 aromatic carbocycles. The number of benzene rings is 1. The van der Waals surface area contributed by atoms with Gasteiger partial charge in [-0.25, -0.2) is 4.98 Å². The van der Waals surface area contributed by atoms with Crippen molar-refractivity contribution in [2.45, 2.75) is 25.6 Å². The van der Waals surface area contributed by atoms with Crippen LogP contribution in [-0.2, 0) is 16.0 Å². The van der Waals surface area contributed by atoms with E-state index in [1.807, 2.05) is 0 Å². The lowest BCUT2D eigenvalue weighted by atomic mass is 10.2. The minimum absolute atomic E-state index is 0.000662. The molecule has 0 aliphatic carbocycles. The molecule has 0 unspecified atom stereocenters.